The van der Waals surface area contributed by atoms with E-state index in [4.69, 9.17) is 11.6 Å². The molecule has 1 aromatic rings. The van der Waals surface area contributed by atoms with Crippen molar-refractivity contribution >= 4 is 17.5 Å². The first-order chi connectivity index (χ1) is 7.13. The number of hydrogen-bond donors (Lipinski definition) is 2. The molecule has 1 amide bonds. The molecule has 0 saturated carbocycles. The Balaban J connectivity index is 2.50. The maximum atomic E-state index is 11.0. The third-order valence-electron chi connectivity index (χ3n) is 2.22. The summed E-state index contributed by atoms with van der Waals surface area (Å²) < 4.78 is 0. The number of rotatable bonds is 4. The summed E-state index contributed by atoms with van der Waals surface area (Å²) in [7, 11) is 1.62. The van der Waals surface area contributed by atoms with Gasteiger partial charge in [-0.05, 0) is 24.6 Å². The fourth-order valence-electron chi connectivity index (χ4n) is 1.20. The van der Waals surface area contributed by atoms with Gasteiger partial charge in [-0.25, -0.2) is 0 Å². The van der Waals surface area contributed by atoms with Crippen LogP contribution in [0.3, 0.4) is 0 Å². The number of benzene rings is 1. The van der Waals surface area contributed by atoms with Crippen LogP contribution < -0.4 is 10.6 Å². The molecule has 0 aromatic heterocycles. The molecule has 0 bridgehead atoms. The minimum atomic E-state index is -0.0178. The molecule has 0 spiro atoms. The van der Waals surface area contributed by atoms with Gasteiger partial charge in [0.25, 0.3) is 0 Å². The maximum Gasteiger partial charge on any atom is 0.233 e. The quantitative estimate of drug-likeness (QED) is 0.821. The van der Waals surface area contributed by atoms with Gasteiger partial charge in [0.2, 0.25) is 5.91 Å². The fraction of sp³-hybridized carbons (Fsp3) is 0.364. The number of nitrogens with one attached hydrogen (secondary N) is 2. The predicted molar refractivity (Wildman–Crippen MR) is 61.9 cm³/mol. The normalized spacial score (nSPS) is 12.2. The van der Waals surface area contributed by atoms with E-state index in [0.717, 1.165) is 10.6 Å². The molecule has 1 aromatic carbocycles. The Labute approximate surface area is 94.8 Å². The van der Waals surface area contributed by atoms with E-state index in [2.05, 4.69) is 10.6 Å². The molecule has 3 nitrogen and oxygen atoms in total. The summed E-state index contributed by atoms with van der Waals surface area (Å²) in [5, 5.41) is 6.39. The molecule has 0 aliphatic heterocycles. The number of hydrogen-bond acceptors (Lipinski definition) is 2. The first-order valence-corrected chi connectivity index (χ1v) is 5.20. The standard InChI is InChI=1S/C11H15ClN2O/c1-8(14-7-11(15)13-2)9-3-5-10(12)6-4-9/h3-6,8,14H,7H2,1-2H3,(H,13,15). The van der Waals surface area contributed by atoms with Crippen molar-refractivity contribution in [1.82, 2.24) is 10.6 Å². The molecule has 4 heteroatoms. The zero-order chi connectivity index (χ0) is 11.3. The van der Waals surface area contributed by atoms with Crippen LogP contribution in [0.25, 0.3) is 0 Å². The van der Waals surface area contributed by atoms with Gasteiger partial charge in [-0.1, -0.05) is 23.7 Å². The molecule has 15 heavy (non-hydrogen) atoms. The highest BCUT2D eigenvalue weighted by molar-refractivity contribution is 6.30. The second kappa shape index (κ2) is 5.73. The number of amides is 1. The van der Waals surface area contributed by atoms with E-state index < -0.39 is 0 Å². The summed E-state index contributed by atoms with van der Waals surface area (Å²) in [4.78, 5) is 11.0. The zero-order valence-corrected chi connectivity index (χ0v) is 9.64. The molecule has 0 aliphatic rings. The minimum absolute atomic E-state index is 0.0178. The minimum Gasteiger partial charge on any atom is -0.358 e. The van der Waals surface area contributed by atoms with Crippen molar-refractivity contribution in [2.75, 3.05) is 13.6 Å². The van der Waals surface area contributed by atoms with Gasteiger partial charge in [-0.15, -0.1) is 0 Å². The van der Waals surface area contributed by atoms with Crippen molar-refractivity contribution in [2.24, 2.45) is 0 Å². The number of likely N-dealkylation sites (N-methyl/N-ethyl adjacent to an activating group) is 1. The molecule has 0 fully saturated rings. The van der Waals surface area contributed by atoms with E-state index in [-0.39, 0.29) is 11.9 Å². The Morgan fingerprint density at radius 3 is 2.53 bits per heavy atom. The van der Waals surface area contributed by atoms with E-state index in [1.54, 1.807) is 7.05 Å². The van der Waals surface area contributed by atoms with E-state index in [1.165, 1.54) is 0 Å². The number of carbonyl (C=O) groups is 1. The highest BCUT2D eigenvalue weighted by atomic mass is 35.5. The Kier molecular flexibility index (Phi) is 4.59. The van der Waals surface area contributed by atoms with Crippen molar-refractivity contribution < 1.29 is 4.79 Å². The molecule has 0 radical (unpaired) electrons. The van der Waals surface area contributed by atoms with E-state index in [0.29, 0.717) is 6.54 Å². The topological polar surface area (TPSA) is 41.1 Å². The van der Waals surface area contributed by atoms with Crippen LogP contribution in [0.15, 0.2) is 24.3 Å². The average Bonchev–Trinajstić information content (AvgIpc) is 2.26. The van der Waals surface area contributed by atoms with Gasteiger partial charge in [-0.3, -0.25) is 4.79 Å². The summed E-state index contributed by atoms with van der Waals surface area (Å²) in [5.41, 5.74) is 1.11. The monoisotopic (exact) mass is 226 g/mol. The van der Waals surface area contributed by atoms with E-state index in [9.17, 15) is 4.79 Å². The van der Waals surface area contributed by atoms with Gasteiger partial charge < -0.3 is 10.6 Å². The van der Waals surface area contributed by atoms with Crippen molar-refractivity contribution in [1.29, 1.82) is 0 Å². The third-order valence-corrected chi connectivity index (χ3v) is 2.47. The van der Waals surface area contributed by atoms with Gasteiger partial charge in [-0.2, -0.15) is 0 Å². The summed E-state index contributed by atoms with van der Waals surface area (Å²) in [5.74, 6) is -0.0178. The Bertz CT molecular complexity index is 324. The molecule has 1 rings (SSSR count). The molecule has 0 heterocycles. The molecular formula is C11H15ClN2O. The molecule has 1 unspecified atom stereocenters. The van der Waals surface area contributed by atoms with Crippen LogP contribution in [0.4, 0.5) is 0 Å². The Hall–Kier alpha value is -1.06. The summed E-state index contributed by atoms with van der Waals surface area (Å²) >= 11 is 5.78. The highest BCUT2D eigenvalue weighted by Crippen LogP contribution is 2.15. The lowest BCUT2D eigenvalue weighted by Crippen LogP contribution is -2.32. The van der Waals surface area contributed by atoms with E-state index >= 15 is 0 Å². The van der Waals surface area contributed by atoms with Gasteiger partial charge >= 0.3 is 0 Å². The molecular weight excluding hydrogens is 212 g/mol. The van der Waals surface area contributed by atoms with Crippen molar-refractivity contribution in [2.45, 2.75) is 13.0 Å². The van der Waals surface area contributed by atoms with E-state index in [1.807, 2.05) is 31.2 Å². The van der Waals surface area contributed by atoms with Crippen LogP contribution in [-0.2, 0) is 4.79 Å². The van der Waals surface area contributed by atoms with Gasteiger partial charge in [0.1, 0.15) is 0 Å². The van der Waals surface area contributed by atoms with Crippen LogP contribution in [0, 0.1) is 0 Å². The van der Waals surface area contributed by atoms with Gasteiger partial charge in [0, 0.05) is 18.1 Å². The largest absolute Gasteiger partial charge is 0.358 e. The van der Waals surface area contributed by atoms with Crippen molar-refractivity contribution in [3.8, 4) is 0 Å². The van der Waals surface area contributed by atoms with Crippen LogP contribution in [0.1, 0.15) is 18.5 Å². The van der Waals surface area contributed by atoms with Gasteiger partial charge in [0.05, 0.1) is 6.54 Å². The molecule has 0 saturated heterocycles. The number of carbonyl (C=O) groups excluding carboxylic acids is 1. The van der Waals surface area contributed by atoms with Crippen LogP contribution in [-0.4, -0.2) is 19.5 Å². The SMILES string of the molecule is CNC(=O)CNC(C)c1ccc(Cl)cc1. The van der Waals surface area contributed by atoms with Gasteiger partial charge in [0.15, 0.2) is 0 Å². The second-order valence-electron chi connectivity index (χ2n) is 3.33. The molecule has 82 valence electrons. The van der Waals surface area contributed by atoms with Crippen LogP contribution in [0.2, 0.25) is 5.02 Å². The maximum absolute atomic E-state index is 11.0. The average molecular weight is 227 g/mol. The van der Waals surface area contributed by atoms with Crippen molar-refractivity contribution in [3.63, 3.8) is 0 Å². The summed E-state index contributed by atoms with van der Waals surface area (Å²) in [6.07, 6.45) is 0. The lowest BCUT2D eigenvalue weighted by atomic mass is 10.1. The third kappa shape index (κ3) is 3.90. The van der Waals surface area contributed by atoms with Crippen LogP contribution in [0.5, 0.6) is 0 Å². The first kappa shape index (κ1) is 12.0. The summed E-state index contributed by atoms with van der Waals surface area (Å²) in [6, 6.07) is 7.72. The highest BCUT2D eigenvalue weighted by Gasteiger charge is 2.06. The summed E-state index contributed by atoms with van der Waals surface area (Å²) in [6.45, 7) is 2.33. The zero-order valence-electron chi connectivity index (χ0n) is 8.88. The Morgan fingerprint density at radius 1 is 1.40 bits per heavy atom. The Morgan fingerprint density at radius 2 is 2.00 bits per heavy atom. The second-order valence-corrected chi connectivity index (χ2v) is 3.76. The lowest BCUT2D eigenvalue weighted by molar-refractivity contribution is -0.119. The lowest BCUT2D eigenvalue weighted by Gasteiger charge is -2.13. The molecule has 2 N–H and O–H groups in total. The van der Waals surface area contributed by atoms with Crippen LogP contribution >= 0.6 is 11.6 Å². The fourth-order valence-corrected chi connectivity index (χ4v) is 1.33. The number of halogens is 1. The molecule has 1 atom stereocenters. The smallest absolute Gasteiger partial charge is 0.233 e. The van der Waals surface area contributed by atoms with Crippen molar-refractivity contribution in [3.05, 3.63) is 34.9 Å². The predicted octanol–water partition coefficient (Wildman–Crippen LogP) is 1.74. The molecule has 0 aliphatic carbocycles. The first-order valence-electron chi connectivity index (χ1n) is 4.83.